The van der Waals surface area contributed by atoms with Crippen LogP contribution in [0.5, 0.6) is 0 Å². The predicted octanol–water partition coefficient (Wildman–Crippen LogP) is 4.59. The molecule has 1 amide bonds. The van der Waals surface area contributed by atoms with Crippen LogP contribution in [0.1, 0.15) is 16.8 Å². The van der Waals surface area contributed by atoms with Gasteiger partial charge in [0.2, 0.25) is 0 Å². The Morgan fingerprint density at radius 2 is 1.88 bits per heavy atom. The summed E-state index contributed by atoms with van der Waals surface area (Å²) in [5, 5.41) is 3.12. The van der Waals surface area contributed by atoms with Crippen molar-refractivity contribution in [2.24, 2.45) is 0 Å². The van der Waals surface area contributed by atoms with Gasteiger partial charge in [-0.15, -0.1) is 11.8 Å². The summed E-state index contributed by atoms with van der Waals surface area (Å²) < 4.78 is 4.99. The standard InChI is InChI=1S/C18H18Cl2N2O3S/c1-10-4-5-15(11(2)6-10)26-9-17(24)25-8-16(23)22-18-14(20)7-13(19)12(3)21-18/h4-7H,8-9H2,1-3H3,(H,21,22,23). The molecule has 0 saturated carbocycles. The van der Waals surface area contributed by atoms with Crippen LogP contribution < -0.4 is 5.32 Å². The van der Waals surface area contributed by atoms with Gasteiger partial charge in [-0.2, -0.15) is 0 Å². The zero-order valence-corrected chi connectivity index (χ0v) is 16.9. The molecule has 0 atom stereocenters. The highest BCUT2D eigenvalue weighted by Gasteiger charge is 2.13. The van der Waals surface area contributed by atoms with E-state index in [0.717, 1.165) is 16.0 Å². The highest BCUT2D eigenvalue weighted by molar-refractivity contribution is 8.00. The molecule has 0 aliphatic heterocycles. The fourth-order valence-corrected chi connectivity index (χ4v) is 3.31. The molecule has 0 radical (unpaired) electrons. The fourth-order valence-electron chi connectivity index (χ4n) is 2.10. The maximum atomic E-state index is 11.9. The Kier molecular flexibility index (Phi) is 7.32. The Labute approximate surface area is 166 Å². The lowest BCUT2D eigenvalue weighted by molar-refractivity contribution is -0.144. The fraction of sp³-hybridized carbons (Fsp3) is 0.278. The van der Waals surface area contributed by atoms with Crippen LogP contribution in [-0.2, 0) is 14.3 Å². The molecule has 5 nitrogen and oxygen atoms in total. The lowest BCUT2D eigenvalue weighted by Gasteiger charge is -2.09. The van der Waals surface area contributed by atoms with Crippen LogP contribution in [0.3, 0.4) is 0 Å². The second-order valence-electron chi connectivity index (χ2n) is 5.65. The van der Waals surface area contributed by atoms with E-state index >= 15 is 0 Å². The van der Waals surface area contributed by atoms with Crippen molar-refractivity contribution in [1.82, 2.24) is 4.98 Å². The second-order valence-corrected chi connectivity index (χ2v) is 7.48. The molecule has 0 saturated heterocycles. The summed E-state index contributed by atoms with van der Waals surface area (Å²) in [5.74, 6) is -0.697. The smallest absolute Gasteiger partial charge is 0.316 e. The highest BCUT2D eigenvalue weighted by Crippen LogP contribution is 2.25. The molecule has 0 spiro atoms. The van der Waals surface area contributed by atoms with E-state index in [1.165, 1.54) is 17.8 Å². The SMILES string of the molecule is Cc1ccc(SCC(=O)OCC(=O)Nc2nc(C)c(Cl)cc2Cl)c(C)c1. The molecule has 2 rings (SSSR count). The van der Waals surface area contributed by atoms with Gasteiger partial charge >= 0.3 is 5.97 Å². The molecule has 0 bridgehead atoms. The number of thioether (sulfide) groups is 1. The molecular weight excluding hydrogens is 395 g/mol. The normalized spacial score (nSPS) is 10.5. The van der Waals surface area contributed by atoms with Gasteiger partial charge in [-0.3, -0.25) is 9.59 Å². The number of halogens is 2. The third-order valence-corrected chi connectivity index (χ3v) is 5.22. The van der Waals surface area contributed by atoms with Crippen molar-refractivity contribution < 1.29 is 14.3 Å². The number of benzene rings is 1. The Morgan fingerprint density at radius 1 is 1.15 bits per heavy atom. The third-order valence-electron chi connectivity index (χ3n) is 3.40. The Bertz CT molecular complexity index is 843. The Hall–Kier alpha value is -1.76. The molecule has 0 fully saturated rings. The van der Waals surface area contributed by atoms with Gasteiger partial charge < -0.3 is 10.1 Å². The number of ether oxygens (including phenoxy) is 1. The third kappa shape index (κ3) is 5.90. The summed E-state index contributed by atoms with van der Waals surface area (Å²) in [6.45, 7) is 5.28. The average molecular weight is 413 g/mol. The number of carbonyl (C=O) groups is 2. The number of carbonyl (C=O) groups excluding carboxylic acids is 2. The topological polar surface area (TPSA) is 68.3 Å². The summed E-state index contributed by atoms with van der Waals surface area (Å²) in [7, 11) is 0. The molecule has 0 unspecified atom stereocenters. The first-order chi connectivity index (χ1) is 12.3. The monoisotopic (exact) mass is 412 g/mol. The number of nitrogens with zero attached hydrogens (tertiary/aromatic N) is 1. The molecule has 0 aliphatic rings. The van der Waals surface area contributed by atoms with Crippen LogP contribution >= 0.6 is 35.0 Å². The van der Waals surface area contributed by atoms with Crippen LogP contribution in [0.4, 0.5) is 5.82 Å². The van der Waals surface area contributed by atoms with Crippen LogP contribution in [0, 0.1) is 20.8 Å². The molecule has 26 heavy (non-hydrogen) atoms. The van der Waals surface area contributed by atoms with Crippen molar-refractivity contribution in [2.75, 3.05) is 17.7 Å². The minimum absolute atomic E-state index is 0.121. The lowest BCUT2D eigenvalue weighted by atomic mass is 10.2. The van der Waals surface area contributed by atoms with E-state index in [1.807, 2.05) is 32.0 Å². The van der Waals surface area contributed by atoms with E-state index in [-0.39, 0.29) is 16.6 Å². The van der Waals surface area contributed by atoms with Crippen LogP contribution in [-0.4, -0.2) is 29.2 Å². The first kappa shape index (κ1) is 20.6. The van der Waals surface area contributed by atoms with Crippen molar-refractivity contribution in [3.8, 4) is 0 Å². The van der Waals surface area contributed by atoms with Crippen molar-refractivity contribution in [1.29, 1.82) is 0 Å². The number of hydrogen-bond donors (Lipinski definition) is 1. The van der Waals surface area contributed by atoms with Crippen LogP contribution in [0.15, 0.2) is 29.2 Å². The van der Waals surface area contributed by atoms with Gasteiger partial charge in [0.1, 0.15) is 0 Å². The van der Waals surface area contributed by atoms with Gasteiger partial charge in [-0.05, 0) is 38.5 Å². The zero-order valence-electron chi connectivity index (χ0n) is 14.6. The van der Waals surface area contributed by atoms with Gasteiger partial charge in [-0.25, -0.2) is 4.98 Å². The summed E-state index contributed by atoms with van der Waals surface area (Å²) in [5.41, 5.74) is 2.79. The minimum Gasteiger partial charge on any atom is -0.455 e. The van der Waals surface area contributed by atoms with Crippen molar-refractivity contribution in [3.63, 3.8) is 0 Å². The van der Waals surface area contributed by atoms with Gasteiger partial charge in [0.25, 0.3) is 5.91 Å². The van der Waals surface area contributed by atoms with E-state index in [2.05, 4.69) is 10.3 Å². The van der Waals surface area contributed by atoms with Gasteiger partial charge in [-0.1, -0.05) is 40.9 Å². The zero-order chi connectivity index (χ0) is 19.3. The summed E-state index contributed by atoms with van der Waals surface area (Å²) in [6, 6.07) is 7.49. The summed E-state index contributed by atoms with van der Waals surface area (Å²) in [4.78, 5) is 28.8. The number of rotatable bonds is 6. The number of pyridine rings is 1. The Balaban J connectivity index is 1.81. The molecule has 138 valence electrons. The van der Waals surface area contributed by atoms with Crippen molar-refractivity contribution in [2.45, 2.75) is 25.7 Å². The van der Waals surface area contributed by atoms with E-state index in [4.69, 9.17) is 27.9 Å². The molecule has 1 heterocycles. The van der Waals surface area contributed by atoms with Gasteiger partial charge in [0.15, 0.2) is 12.4 Å². The highest BCUT2D eigenvalue weighted by atomic mass is 35.5. The quantitative estimate of drug-likeness (QED) is 0.554. The Morgan fingerprint density at radius 3 is 2.58 bits per heavy atom. The number of aryl methyl sites for hydroxylation is 3. The molecule has 1 N–H and O–H groups in total. The summed E-state index contributed by atoms with van der Waals surface area (Å²) >= 11 is 13.2. The summed E-state index contributed by atoms with van der Waals surface area (Å²) in [6.07, 6.45) is 0. The van der Waals surface area contributed by atoms with Crippen molar-refractivity contribution in [3.05, 3.63) is 51.1 Å². The largest absolute Gasteiger partial charge is 0.455 e. The number of esters is 1. The first-order valence-corrected chi connectivity index (χ1v) is 9.48. The minimum atomic E-state index is -0.522. The second kappa shape index (κ2) is 9.26. The van der Waals surface area contributed by atoms with E-state index in [0.29, 0.717) is 10.7 Å². The van der Waals surface area contributed by atoms with Crippen molar-refractivity contribution >= 4 is 52.7 Å². The molecule has 1 aromatic carbocycles. The maximum absolute atomic E-state index is 11.9. The number of nitrogens with one attached hydrogen (secondary N) is 1. The number of hydrogen-bond acceptors (Lipinski definition) is 5. The van der Waals surface area contributed by atoms with E-state index in [9.17, 15) is 9.59 Å². The first-order valence-electron chi connectivity index (χ1n) is 7.74. The molecule has 2 aromatic rings. The maximum Gasteiger partial charge on any atom is 0.316 e. The number of amides is 1. The van der Waals surface area contributed by atoms with Crippen LogP contribution in [0.25, 0.3) is 0 Å². The van der Waals surface area contributed by atoms with E-state index < -0.39 is 18.5 Å². The van der Waals surface area contributed by atoms with Crippen LogP contribution in [0.2, 0.25) is 10.0 Å². The predicted molar refractivity (Wildman–Crippen MR) is 105 cm³/mol. The number of anilines is 1. The molecular formula is C18H18Cl2N2O3S. The number of aromatic nitrogens is 1. The molecule has 1 aromatic heterocycles. The molecule has 0 aliphatic carbocycles. The van der Waals surface area contributed by atoms with E-state index in [1.54, 1.807) is 6.92 Å². The lowest BCUT2D eigenvalue weighted by Crippen LogP contribution is -2.22. The van der Waals surface area contributed by atoms with Gasteiger partial charge in [0.05, 0.1) is 21.5 Å². The van der Waals surface area contributed by atoms with Gasteiger partial charge in [0, 0.05) is 4.90 Å². The average Bonchev–Trinajstić information content (AvgIpc) is 2.57. The molecule has 8 heteroatoms.